The predicted octanol–water partition coefficient (Wildman–Crippen LogP) is 4.85. The van der Waals surface area contributed by atoms with Gasteiger partial charge < -0.3 is 14.5 Å². The van der Waals surface area contributed by atoms with Gasteiger partial charge in [0.25, 0.3) is 0 Å². The maximum absolute atomic E-state index is 5.79. The van der Waals surface area contributed by atoms with Gasteiger partial charge in [0, 0.05) is 11.0 Å². The van der Waals surface area contributed by atoms with Crippen LogP contribution < -0.4 is 10.1 Å². The molecule has 0 aliphatic heterocycles. The Kier molecular flexibility index (Phi) is 5.82. The van der Waals surface area contributed by atoms with Crippen molar-refractivity contribution in [3.05, 3.63) is 40.2 Å². The maximum Gasteiger partial charge on any atom is 0.399 e. The van der Waals surface area contributed by atoms with Gasteiger partial charge in [0.05, 0.1) is 5.69 Å². The summed E-state index contributed by atoms with van der Waals surface area (Å²) in [6.45, 7) is 8.05. The van der Waals surface area contributed by atoms with Crippen LogP contribution in [-0.4, -0.2) is 11.5 Å². The Morgan fingerprint density at radius 3 is 2.90 bits per heavy atom. The molecule has 0 saturated heterocycles. The number of hydrogen-bond donors (Lipinski definition) is 1. The van der Waals surface area contributed by atoms with Gasteiger partial charge in [-0.1, -0.05) is 36.7 Å². The number of rotatable bonds is 7. The van der Waals surface area contributed by atoms with E-state index >= 15 is 0 Å². The molecule has 0 spiro atoms. The minimum absolute atomic E-state index is 0.285. The third kappa shape index (κ3) is 4.58. The van der Waals surface area contributed by atoms with Gasteiger partial charge in [-0.25, -0.2) is 0 Å². The van der Waals surface area contributed by atoms with Crippen molar-refractivity contribution in [1.82, 2.24) is 10.3 Å². The molecule has 0 bridgehead atoms. The van der Waals surface area contributed by atoms with Crippen molar-refractivity contribution >= 4 is 15.9 Å². The first kappa shape index (κ1) is 16.0. The van der Waals surface area contributed by atoms with Crippen LogP contribution in [0.4, 0.5) is 0 Å². The van der Waals surface area contributed by atoms with Crippen molar-refractivity contribution in [1.29, 1.82) is 0 Å². The van der Waals surface area contributed by atoms with E-state index in [1.54, 1.807) is 6.26 Å². The molecule has 4 nitrogen and oxygen atoms in total. The highest BCUT2D eigenvalue weighted by Gasteiger charge is 2.12. The first-order valence-corrected chi connectivity index (χ1v) is 8.02. The Labute approximate surface area is 134 Å². The molecule has 21 heavy (non-hydrogen) atoms. The van der Waals surface area contributed by atoms with Crippen LogP contribution >= 0.6 is 15.9 Å². The zero-order valence-corrected chi connectivity index (χ0v) is 14.2. The van der Waals surface area contributed by atoms with E-state index < -0.39 is 0 Å². The lowest BCUT2D eigenvalue weighted by Gasteiger charge is -2.11. The van der Waals surface area contributed by atoms with Gasteiger partial charge >= 0.3 is 6.08 Å². The fraction of sp³-hybridized carbons (Fsp3) is 0.438. The average Bonchev–Trinajstić information content (AvgIpc) is 2.88. The van der Waals surface area contributed by atoms with Gasteiger partial charge in [-0.05, 0) is 42.6 Å². The van der Waals surface area contributed by atoms with E-state index in [1.807, 2.05) is 12.1 Å². The van der Waals surface area contributed by atoms with E-state index in [-0.39, 0.29) is 6.08 Å². The fourth-order valence-corrected chi connectivity index (χ4v) is 2.35. The molecule has 0 radical (unpaired) electrons. The summed E-state index contributed by atoms with van der Waals surface area (Å²) >= 11 is 3.49. The molecule has 0 atom stereocenters. The second-order valence-corrected chi connectivity index (χ2v) is 6.14. The standard InChI is InChI=1S/C16H21BrN2O2/c1-4-7-18-9-13-10-20-16(19-13)21-15-6-5-12(17)8-14(15)11(2)3/h5-6,8,10-11,18H,4,7,9H2,1-3H3. The summed E-state index contributed by atoms with van der Waals surface area (Å²) in [5.74, 6) is 1.14. The summed E-state index contributed by atoms with van der Waals surface area (Å²) in [5.41, 5.74) is 1.97. The third-order valence-electron chi connectivity index (χ3n) is 3.05. The summed E-state index contributed by atoms with van der Waals surface area (Å²) < 4.78 is 12.2. The number of halogens is 1. The second-order valence-electron chi connectivity index (χ2n) is 5.22. The lowest BCUT2D eigenvalue weighted by molar-refractivity contribution is 0.327. The van der Waals surface area contributed by atoms with E-state index in [0.29, 0.717) is 12.5 Å². The van der Waals surface area contributed by atoms with E-state index in [9.17, 15) is 0 Å². The molecular formula is C16H21BrN2O2. The number of aromatic nitrogens is 1. The van der Waals surface area contributed by atoms with Crippen LogP contribution in [0.3, 0.4) is 0 Å². The highest BCUT2D eigenvalue weighted by atomic mass is 79.9. The Morgan fingerprint density at radius 1 is 1.38 bits per heavy atom. The zero-order chi connectivity index (χ0) is 15.2. The molecule has 114 valence electrons. The van der Waals surface area contributed by atoms with E-state index in [4.69, 9.17) is 9.15 Å². The molecule has 0 amide bonds. The molecule has 0 fully saturated rings. The Balaban J connectivity index is 2.08. The van der Waals surface area contributed by atoms with Crippen molar-refractivity contribution in [3.63, 3.8) is 0 Å². The van der Waals surface area contributed by atoms with Crippen molar-refractivity contribution in [2.24, 2.45) is 0 Å². The van der Waals surface area contributed by atoms with Crippen LogP contribution in [0.1, 0.15) is 44.4 Å². The van der Waals surface area contributed by atoms with Crippen molar-refractivity contribution in [2.45, 2.75) is 39.7 Å². The number of nitrogens with one attached hydrogen (secondary N) is 1. The summed E-state index contributed by atoms with van der Waals surface area (Å²) in [5, 5.41) is 3.28. The highest BCUT2D eigenvalue weighted by Crippen LogP contribution is 2.32. The van der Waals surface area contributed by atoms with Gasteiger partial charge in [-0.3, -0.25) is 0 Å². The molecule has 1 N–H and O–H groups in total. The van der Waals surface area contributed by atoms with Gasteiger partial charge in [-0.2, -0.15) is 4.98 Å². The first-order valence-electron chi connectivity index (χ1n) is 7.22. The molecular weight excluding hydrogens is 332 g/mol. The predicted molar refractivity (Wildman–Crippen MR) is 86.8 cm³/mol. The minimum Gasteiger partial charge on any atom is -0.417 e. The molecule has 2 aromatic rings. The number of oxazole rings is 1. The third-order valence-corrected chi connectivity index (χ3v) is 3.55. The Hall–Kier alpha value is -1.33. The average molecular weight is 353 g/mol. The second kappa shape index (κ2) is 7.61. The maximum atomic E-state index is 5.79. The summed E-state index contributed by atoms with van der Waals surface area (Å²) in [7, 11) is 0. The van der Waals surface area contributed by atoms with E-state index in [2.05, 4.69) is 53.1 Å². The molecule has 0 saturated carbocycles. The molecule has 0 aliphatic rings. The Bertz CT molecular complexity index is 581. The van der Waals surface area contributed by atoms with Crippen molar-refractivity contribution < 1.29 is 9.15 Å². The number of benzene rings is 1. The van der Waals surface area contributed by atoms with Crippen molar-refractivity contribution in [2.75, 3.05) is 6.54 Å². The lowest BCUT2D eigenvalue weighted by atomic mass is 10.0. The molecule has 1 heterocycles. The van der Waals surface area contributed by atoms with Gasteiger partial charge in [0.2, 0.25) is 0 Å². The molecule has 1 aromatic heterocycles. The largest absolute Gasteiger partial charge is 0.417 e. The number of hydrogen-bond acceptors (Lipinski definition) is 4. The number of nitrogens with zero attached hydrogens (tertiary/aromatic N) is 1. The minimum atomic E-state index is 0.285. The molecule has 0 unspecified atom stereocenters. The van der Waals surface area contributed by atoms with Crippen LogP contribution in [0.25, 0.3) is 0 Å². The molecule has 5 heteroatoms. The number of ether oxygens (including phenoxy) is 1. The SMILES string of the molecule is CCCNCc1coc(Oc2ccc(Br)cc2C(C)C)n1. The van der Waals surface area contributed by atoms with Gasteiger partial charge in [-0.15, -0.1) is 0 Å². The molecule has 2 rings (SSSR count). The smallest absolute Gasteiger partial charge is 0.399 e. The highest BCUT2D eigenvalue weighted by molar-refractivity contribution is 9.10. The Morgan fingerprint density at radius 2 is 2.19 bits per heavy atom. The fourth-order valence-electron chi connectivity index (χ4n) is 1.97. The quantitative estimate of drug-likeness (QED) is 0.723. The summed E-state index contributed by atoms with van der Waals surface area (Å²) in [6, 6.07) is 5.94. The van der Waals surface area contributed by atoms with Crippen LogP contribution in [-0.2, 0) is 6.54 Å². The normalized spacial score (nSPS) is 11.1. The van der Waals surface area contributed by atoms with Crippen LogP contribution in [0.2, 0.25) is 0 Å². The van der Waals surface area contributed by atoms with E-state index in [0.717, 1.165) is 34.4 Å². The monoisotopic (exact) mass is 352 g/mol. The topological polar surface area (TPSA) is 47.3 Å². The molecule has 1 aromatic carbocycles. The van der Waals surface area contributed by atoms with Gasteiger partial charge in [0.1, 0.15) is 12.0 Å². The summed E-state index contributed by atoms with van der Waals surface area (Å²) in [6.07, 6.45) is 3.01. The first-order chi connectivity index (χ1) is 10.1. The van der Waals surface area contributed by atoms with Crippen LogP contribution in [0, 0.1) is 0 Å². The lowest BCUT2D eigenvalue weighted by Crippen LogP contribution is -2.13. The summed E-state index contributed by atoms with van der Waals surface area (Å²) in [4.78, 5) is 4.34. The zero-order valence-electron chi connectivity index (χ0n) is 12.6. The van der Waals surface area contributed by atoms with Gasteiger partial charge in [0.15, 0.2) is 0 Å². The van der Waals surface area contributed by atoms with Crippen molar-refractivity contribution in [3.8, 4) is 11.8 Å². The van der Waals surface area contributed by atoms with E-state index in [1.165, 1.54) is 0 Å². The van der Waals surface area contributed by atoms with Crippen LogP contribution in [0.5, 0.6) is 11.8 Å². The van der Waals surface area contributed by atoms with Crippen LogP contribution in [0.15, 0.2) is 33.4 Å². The molecule has 0 aliphatic carbocycles.